The van der Waals surface area contributed by atoms with Gasteiger partial charge in [0.1, 0.15) is 5.60 Å². The SMILES string of the molecule is CC(C)C[C@H](CC(=O)OC(C)(C)C)C(=O)OCCCO. The molecule has 0 aliphatic heterocycles. The Morgan fingerprint density at radius 1 is 1.20 bits per heavy atom. The molecule has 0 radical (unpaired) electrons. The van der Waals surface area contributed by atoms with E-state index in [0.29, 0.717) is 12.8 Å². The van der Waals surface area contributed by atoms with Crippen LogP contribution in [-0.2, 0) is 19.1 Å². The lowest BCUT2D eigenvalue weighted by molar-refractivity contribution is -0.162. The quantitative estimate of drug-likeness (QED) is 0.548. The van der Waals surface area contributed by atoms with Crippen LogP contribution >= 0.6 is 0 Å². The molecule has 0 spiro atoms. The van der Waals surface area contributed by atoms with Crippen LogP contribution in [0.15, 0.2) is 0 Å². The fourth-order valence-corrected chi connectivity index (χ4v) is 1.77. The lowest BCUT2D eigenvalue weighted by atomic mass is 9.94. The van der Waals surface area contributed by atoms with E-state index in [9.17, 15) is 9.59 Å². The molecule has 0 aromatic heterocycles. The Labute approximate surface area is 121 Å². The van der Waals surface area contributed by atoms with Crippen LogP contribution in [0.3, 0.4) is 0 Å². The minimum atomic E-state index is -0.555. The van der Waals surface area contributed by atoms with Gasteiger partial charge in [-0.15, -0.1) is 0 Å². The van der Waals surface area contributed by atoms with Crippen molar-refractivity contribution in [1.29, 1.82) is 0 Å². The Hall–Kier alpha value is -1.10. The highest BCUT2D eigenvalue weighted by molar-refractivity contribution is 5.80. The van der Waals surface area contributed by atoms with E-state index in [4.69, 9.17) is 14.6 Å². The van der Waals surface area contributed by atoms with Gasteiger partial charge in [-0.25, -0.2) is 0 Å². The van der Waals surface area contributed by atoms with Crippen LogP contribution in [0.1, 0.15) is 53.9 Å². The average Bonchev–Trinajstić information content (AvgIpc) is 2.25. The highest BCUT2D eigenvalue weighted by atomic mass is 16.6. The van der Waals surface area contributed by atoms with Crippen molar-refractivity contribution in [3.05, 3.63) is 0 Å². The number of aliphatic hydroxyl groups is 1. The lowest BCUT2D eigenvalue weighted by Crippen LogP contribution is -2.29. The van der Waals surface area contributed by atoms with Crippen LogP contribution in [-0.4, -0.2) is 35.9 Å². The van der Waals surface area contributed by atoms with Crippen molar-refractivity contribution in [3.63, 3.8) is 0 Å². The van der Waals surface area contributed by atoms with Gasteiger partial charge < -0.3 is 14.6 Å². The van der Waals surface area contributed by atoms with E-state index in [1.807, 2.05) is 13.8 Å². The normalized spacial score (nSPS) is 13.2. The first-order valence-corrected chi connectivity index (χ1v) is 7.15. The van der Waals surface area contributed by atoms with Crippen molar-refractivity contribution in [1.82, 2.24) is 0 Å². The summed E-state index contributed by atoms with van der Waals surface area (Å²) in [6.07, 6.45) is 1.02. The average molecular weight is 288 g/mol. The Morgan fingerprint density at radius 3 is 2.25 bits per heavy atom. The van der Waals surface area contributed by atoms with E-state index in [1.165, 1.54) is 0 Å². The van der Waals surface area contributed by atoms with Crippen LogP contribution in [0.2, 0.25) is 0 Å². The number of hydrogen-bond acceptors (Lipinski definition) is 5. The zero-order valence-corrected chi connectivity index (χ0v) is 13.3. The molecule has 0 aliphatic carbocycles. The fraction of sp³-hybridized carbons (Fsp3) is 0.867. The first-order valence-electron chi connectivity index (χ1n) is 7.15. The summed E-state index contributed by atoms with van der Waals surface area (Å²) in [6.45, 7) is 9.52. The number of aliphatic hydroxyl groups excluding tert-OH is 1. The van der Waals surface area contributed by atoms with Crippen molar-refractivity contribution in [2.24, 2.45) is 11.8 Å². The number of hydrogen-bond donors (Lipinski definition) is 1. The first kappa shape index (κ1) is 18.9. The highest BCUT2D eigenvalue weighted by Gasteiger charge is 2.27. The molecular formula is C15H28O5. The van der Waals surface area contributed by atoms with Crippen LogP contribution in [0.4, 0.5) is 0 Å². The first-order chi connectivity index (χ1) is 9.15. The van der Waals surface area contributed by atoms with E-state index in [1.54, 1.807) is 20.8 Å². The Bertz CT molecular complexity index is 304. The number of carbonyl (C=O) groups is 2. The molecule has 0 bridgehead atoms. The number of ether oxygens (including phenoxy) is 2. The molecule has 5 heteroatoms. The third kappa shape index (κ3) is 9.78. The van der Waals surface area contributed by atoms with E-state index >= 15 is 0 Å². The van der Waals surface area contributed by atoms with Crippen LogP contribution in [0.25, 0.3) is 0 Å². The van der Waals surface area contributed by atoms with E-state index < -0.39 is 17.5 Å². The second-order valence-corrected chi connectivity index (χ2v) is 6.36. The van der Waals surface area contributed by atoms with Gasteiger partial charge in [0.15, 0.2) is 0 Å². The topological polar surface area (TPSA) is 72.8 Å². The minimum absolute atomic E-state index is 0.0196. The lowest BCUT2D eigenvalue weighted by Gasteiger charge is -2.22. The monoisotopic (exact) mass is 288 g/mol. The van der Waals surface area contributed by atoms with Crippen molar-refractivity contribution >= 4 is 11.9 Å². The standard InChI is InChI=1S/C15H28O5/c1-11(2)9-12(14(18)19-8-6-7-16)10-13(17)20-15(3,4)5/h11-12,16H,6-10H2,1-5H3/t12-/m1/s1. The Balaban J connectivity index is 4.47. The summed E-state index contributed by atoms with van der Waals surface area (Å²) in [4.78, 5) is 23.8. The van der Waals surface area contributed by atoms with Gasteiger partial charge in [-0.2, -0.15) is 0 Å². The number of carbonyl (C=O) groups excluding carboxylic acids is 2. The molecule has 0 aliphatic rings. The summed E-state index contributed by atoms with van der Waals surface area (Å²) < 4.78 is 10.3. The van der Waals surface area contributed by atoms with Gasteiger partial charge in [-0.05, 0) is 33.1 Å². The van der Waals surface area contributed by atoms with Crippen molar-refractivity contribution in [2.45, 2.75) is 59.5 Å². The molecule has 0 heterocycles. The summed E-state index contributed by atoms with van der Waals surface area (Å²) >= 11 is 0. The molecule has 0 unspecified atom stereocenters. The van der Waals surface area contributed by atoms with Gasteiger partial charge in [0.2, 0.25) is 0 Å². The molecule has 0 aromatic rings. The second-order valence-electron chi connectivity index (χ2n) is 6.36. The Kier molecular flexibility index (Phi) is 8.46. The molecule has 0 aromatic carbocycles. The Morgan fingerprint density at radius 2 is 1.80 bits per heavy atom. The highest BCUT2D eigenvalue weighted by Crippen LogP contribution is 2.20. The summed E-state index contributed by atoms with van der Waals surface area (Å²) in [5.41, 5.74) is -0.555. The predicted molar refractivity (Wildman–Crippen MR) is 76.1 cm³/mol. The molecule has 0 rings (SSSR count). The van der Waals surface area contributed by atoms with Gasteiger partial charge in [0, 0.05) is 13.0 Å². The molecule has 0 fully saturated rings. The van der Waals surface area contributed by atoms with E-state index in [2.05, 4.69) is 0 Å². The maximum Gasteiger partial charge on any atom is 0.309 e. The smallest absolute Gasteiger partial charge is 0.309 e. The van der Waals surface area contributed by atoms with Crippen molar-refractivity contribution < 1.29 is 24.2 Å². The van der Waals surface area contributed by atoms with Crippen LogP contribution in [0.5, 0.6) is 0 Å². The summed E-state index contributed by atoms with van der Waals surface area (Å²) in [6, 6.07) is 0. The molecule has 20 heavy (non-hydrogen) atoms. The van der Waals surface area contributed by atoms with Gasteiger partial charge in [0.25, 0.3) is 0 Å². The number of esters is 2. The molecule has 118 valence electrons. The van der Waals surface area contributed by atoms with E-state index in [0.717, 1.165) is 0 Å². The minimum Gasteiger partial charge on any atom is -0.465 e. The second kappa shape index (κ2) is 8.95. The van der Waals surface area contributed by atoms with Gasteiger partial charge in [0.05, 0.1) is 18.9 Å². The number of rotatable bonds is 8. The zero-order chi connectivity index (χ0) is 15.8. The maximum absolute atomic E-state index is 11.9. The maximum atomic E-state index is 11.9. The largest absolute Gasteiger partial charge is 0.465 e. The predicted octanol–water partition coefficient (Wildman–Crippen LogP) is 2.31. The van der Waals surface area contributed by atoms with Crippen molar-refractivity contribution in [3.8, 4) is 0 Å². The van der Waals surface area contributed by atoms with E-state index in [-0.39, 0.29) is 31.5 Å². The van der Waals surface area contributed by atoms with Crippen LogP contribution < -0.4 is 0 Å². The summed E-state index contributed by atoms with van der Waals surface area (Å²) in [7, 11) is 0. The third-order valence-corrected chi connectivity index (χ3v) is 2.47. The molecular weight excluding hydrogens is 260 g/mol. The summed E-state index contributed by atoms with van der Waals surface area (Å²) in [5, 5.41) is 8.67. The molecule has 1 N–H and O–H groups in total. The molecule has 1 atom stereocenters. The van der Waals surface area contributed by atoms with Crippen LogP contribution in [0, 0.1) is 11.8 Å². The van der Waals surface area contributed by atoms with Gasteiger partial charge in [-0.3, -0.25) is 9.59 Å². The van der Waals surface area contributed by atoms with Gasteiger partial charge >= 0.3 is 11.9 Å². The fourth-order valence-electron chi connectivity index (χ4n) is 1.77. The van der Waals surface area contributed by atoms with Crippen molar-refractivity contribution in [2.75, 3.05) is 13.2 Å². The molecule has 5 nitrogen and oxygen atoms in total. The third-order valence-electron chi connectivity index (χ3n) is 2.47. The molecule has 0 saturated heterocycles. The molecule has 0 amide bonds. The zero-order valence-electron chi connectivity index (χ0n) is 13.3. The summed E-state index contributed by atoms with van der Waals surface area (Å²) in [5.74, 6) is -0.975. The molecule has 0 saturated carbocycles. The van der Waals surface area contributed by atoms with Gasteiger partial charge in [-0.1, -0.05) is 13.8 Å².